The maximum Gasteiger partial charge on any atom is 0.320 e. The molecule has 4 heteroatoms. The van der Waals surface area contributed by atoms with Crippen LogP contribution in [-0.2, 0) is 4.74 Å². The monoisotopic (exact) mass is 198 g/mol. The number of carbonyl (C=O) groups is 1. The molecule has 1 saturated carbocycles. The summed E-state index contributed by atoms with van der Waals surface area (Å²) in [7, 11) is 1.92. The van der Waals surface area contributed by atoms with Gasteiger partial charge in [-0.1, -0.05) is 0 Å². The van der Waals surface area contributed by atoms with Crippen LogP contribution in [-0.4, -0.2) is 55.2 Å². The summed E-state index contributed by atoms with van der Waals surface area (Å²) in [5, 5.41) is 0. The van der Waals surface area contributed by atoms with Crippen LogP contribution in [0.15, 0.2) is 0 Å². The molecular formula is C10H18N2O2. The third-order valence-electron chi connectivity index (χ3n) is 3.21. The number of rotatable bonds is 1. The van der Waals surface area contributed by atoms with Gasteiger partial charge in [-0.05, 0) is 19.3 Å². The van der Waals surface area contributed by atoms with Crippen LogP contribution in [0.25, 0.3) is 0 Å². The minimum absolute atomic E-state index is 0.179. The molecule has 0 spiro atoms. The standard InChI is InChI=1S/C10H18N2O2/c1-11(9-3-2-4-9)10(13)12-5-7-14-8-6-12/h9H,2-8H2,1H3. The van der Waals surface area contributed by atoms with Gasteiger partial charge in [-0.2, -0.15) is 0 Å². The number of ether oxygens (including phenoxy) is 1. The average molecular weight is 198 g/mol. The summed E-state index contributed by atoms with van der Waals surface area (Å²) in [5.41, 5.74) is 0. The lowest BCUT2D eigenvalue weighted by Crippen LogP contribution is -2.51. The van der Waals surface area contributed by atoms with Gasteiger partial charge >= 0.3 is 6.03 Å². The molecule has 0 aromatic heterocycles. The maximum absolute atomic E-state index is 11.9. The Hall–Kier alpha value is -0.770. The molecule has 4 nitrogen and oxygen atoms in total. The molecule has 14 heavy (non-hydrogen) atoms. The van der Waals surface area contributed by atoms with Gasteiger partial charge in [0.2, 0.25) is 0 Å². The van der Waals surface area contributed by atoms with Crippen LogP contribution >= 0.6 is 0 Å². The maximum atomic E-state index is 11.9. The highest BCUT2D eigenvalue weighted by Gasteiger charge is 2.29. The normalized spacial score (nSPS) is 23.1. The van der Waals surface area contributed by atoms with E-state index in [0.717, 1.165) is 13.1 Å². The molecule has 2 amide bonds. The summed E-state index contributed by atoms with van der Waals surface area (Å²) >= 11 is 0. The number of hydrogen-bond donors (Lipinski definition) is 0. The zero-order valence-corrected chi connectivity index (χ0v) is 8.74. The fraction of sp³-hybridized carbons (Fsp3) is 0.900. The van der Waals surface area contributed by atoms with Gasteiger partial charge in [-0.25, -0.2) is 4.79 Å². The second-order valence-corrected chi connectivity index (χ2v) is 4.08. The van der Waals surface area contributed by atoms with Crippen LogP contribution in [0.1, 0.15) is 19.3 Å². The number of carbonyl (C=O) groups excluding carboxylic acids is 1. The number of hydrogen-bond acceptors (Lipinski definition) is 2. The largest absolute Gasteiger partial charge is 0.378 e. The van der Waals surface area contributed by atoms with E-state index in [1.54, 1.807) is 0 Å². The van der Waals surface area contributed by atoms with Crippen molar-refractivity contribution in [3.63, 3.8) is 0 Å². The lowest BCUT2D eigenvalue weighted by molar-refractivity contribution is 0.0380. The SMILES string of the molecule is CN(C(=O)N1CCOCC1)C1CCC1. The van der Waals surface area contributed by atoms with E-state index in [9.17, 15) is 4.79 Å². The van der Waals surface area contributed by atoms with E-state index in [2.05, 4.69) is 0 Å². The molecule has 1 aliphatic carbocycles. The van der Waals surface area contributed by atoms with Crippen molar-refractivity contribution in [2.45, 2.75) is 25.3 Å². The Balaban J connectivity index is 1.85. The van der Waals surface area contributed by atoms with Gasteiger partial charge in [0.25, 0.3) is 0 Å². The quantitative estimate of drug-likeness (QED) is 0.627. The van der Waals surface area contributed by atoms with Crippen LogP contribution in [0.5, 0.6) is 0 Å². The van der Waals surface area contributed by atoms with Gasteiger partial charge in [-0.15, -0.1) is 0 Å². The van der Waals surface area contributed by atoms with E-state index in [0.29, 0.717) is 19.3 Å². The highest BCUT2D eigenvalue weighted by atomic mass is 16.5. The van der Waals surface area contributed by atoms with Gasteiger partial charge in [0.05, 0.1) is 13.2 Å². The van der Waals surface area contributed by atoms with E-state index in [1.807, 2.05) is 16.8 Å². The molecule has 1 saturated heterocycles. The molecular weight excluding hydrogens is 180 g/mol. The summed E-state index contributed by atoms with van der Waals surface area (Å²) in [6, 6.07) is 0.670. The van der Waals surface area contributed by atoms with E-state index in [-0.39, 0.29) is 6.03 Å². The Morgan fingerprint density at radius 3 is 2.50 bits per heavy atom. The van der Waals surface area contributed by atoms with Crippen LogP contribution in [0, 0.1) is 0 Å². The minimum Gasteiger partial charge on any atom is -0.378 e. The second-order valence-electron chi connectivity index (χ2n) is 4.08. The van der Waals surface area contributed by atoms with E-state index >= 15 is 0 Å². The number of morpholine rings is 1. The van der Waals surface area contributed by atoms with E-state index in [4.69, 9.17) is 4.74 Å². The lowest BCUT2D eigenvalue weighted by atomic mass is 9.92. The first-order chi connectivity index (χ1) is 6.79. The predicted molar refractivity (Wildman–Crippen MR) is 53.2 cm³/mol. The molecule has 2 fully saturated rings. The van der Waals surface area contributed by atoms with Crippen molar-refractivity contribution in [1.82, 2.24) is 9.80 Å². The Labute approximate surface area is 84.8 Å². The van der Waals surface area contributed by atoms with E-state index in [1.165, 1.54) is 19.3 Å². The molecule has 0 N–H and O–H groups in total. The summed E-state index contributed by atoms with van der Waals surface area (Å²) in [6.07, 6.45) is 3.62. The first-order valence-corrected chi connectivity index (χ1v) is 5.38. The number of nitrogens with zero attached hydrogens (tertiary/aromatic N) is 2. The van der Waals surface area contributed by atoms with Crippen molar-refractivity contribution in [2.75, 3.05) is 33.4 Å². The Kier molecular flexibility index (Phi) is 2.91. The van der Waals surface area contributed by atoms with Gasteiger partial charge in [0.15, 0.2) is 0 Å². The fourth-order valence-corrected chi connectivity index (χ4v) is 1.91. The van der Waals surface area contributed by atoms with Crippen LogP contribution < -0.4 is 0 Å². The van der Waals surface area contributed by atoms with Crippen LogP contribution in [0.4, 0.5) is 4.79 Å². The molecule has 1 aliphatic heterocycles. The Bertz CT molecular complexity index is 206. The third-order valence-corrected chi connectivity index (χ3v) is 3.21. The van der Waals surface area contributed by atoms with Gasteiger partial charge < -0.3 is 14.5 Å². The molecule has 0 unspecified atom stereocenters. The smallest absolute Gasteiger partial charge is 0.320 e. The topological polar surface area (TPSA) is 32.8 Å². The van der Waals surface area contributed by atoms with Crippen LogP contribution in [0.3, 0.4) is 0 Å². The first-order valence-electron chi connectivity index (χ1n) is 5.38. The highest BCUT2D eigenvalue weighted by Crippen LogP contribution is 2.24. The van der Waals surface area contributed by atoms with Crippen molar-refractivity contribution in [3.8, 4) is 0 Å². The van der Waals surface area contributed by atoms with Crippen molar-refractivity contribution in [2.24, 2.45) is 0 Å². The lowest BCUT2D eigenvalue weighted by Gasteiger charge is -2.38. The first kappa shape index (κ1) is 9.77. The number of urea groups is 1. The third kappa shape index (κ3) is 1.85. The molecule has 80 valence electrons. The molecule has 0 aromatic rings. The molecule has 0 radical (unpaired) electrons. The zero-order chi connectivity index (χ0) is 9.97. The van der Waals surface area contributed by atoms with Crippen LogP contribution in [0.2, 0.25) is 0 Å². The minimum atomic E-state index is 0.179. The number of amides is 2. The molecule has 0 atom stereocenters. The fourth-order valence-electron chi connectivity index (χ4n) is 1.91. The second kappa shape index (κ2) is 4.17. The van der Waals surface area contributed by atoms with Gasteiger partial charge in [0, 0.05) is 26.2 Å². The van der Waals surface area contributed by atoms with E-state index < -0.39 is 0 Å². The molecule has 0 aromatic carbocycles. The summed E-state index contributed by atoms with van der Waals surface area (Å²) in [5.74, 6) is 0. The van der Waals surface area contributed by atoms with Gasteiger partial charge in [0.1, 0.15) is 0 Å². The Morgan fingerprint density at radius 1 is 1.36 bits per heavy atom. The van der Waals surface area contributed by atoms with Crippen molar-refractivity contribution < 1.29 is 9.53 Å². The van der Waals surface area contributed by atoms with Crippen molar-refractivity contribution in [1.29, 1.82) is 0 Å². The molecule has 0 bridgehead atoms. The molecule has 2 aliphatic rings. The molecule has 2 rings (SSSR count). The highest BCUT2D eigenvalue weighted by molar-refractivity contribution is 5.74. The van der Waals surface area contributed by atoms with Gasteiger partial charge in [-0.3, -0.25) is 0 Å². The summed E-state index contributed by atoms with van der Waals surface area (Å²) in [4.78, 5) is 15.7. The summed E-state index contributed by atoms with van der Waals surface area (Å²) < 4.78 is 5.22. The predicted octanol–water partition coefficient (Wildman–Crippen LogP) is 0.923. The summed E-state index contributed by atoms with van der Waals surface area (Å²) in [6.45, 7) is 2.86. The average Bonchev–Trinajstić information content (AvgIpc) is 2.15. The Morgan fingerprint density at radius 2 is 2.00 bits per heavy atom. The van der Waals surface area contributed by atoms with Crippen molar-refractivity contribution in [3.05, 3.63) is 0 Å². The van der Waals surface area contributed by atoms with Crippen molar-refractivity contribution >= 4 is 6.03 Å². The molecule has 1 heterocycles. The zero-order valence-electron chi connectivity index (χ0n) is 8.74.